The minimum absolute atomic E-state index is 0.456. The molecule has 0 aromatic heterocycles. The predicted octanol–water partition coefficient (Wildman–Crippen LogP) is 4.11. The van der Waals surface area contributed by atoms with Crippen LogP contribution in [-0.4, -0.2) is 17.6 Å². The van der Waals surface area contributed by atoms with Crippen LogP contribution in [0.1, 0.15) is 36.1 Å². The van der Waals surface area contributed by atoms with Crippen LogP contribution in [0.15, 0.2) is 48.5 Å². The highest BCUT2D eigenvalue weighted by Gasteiger charge is 2.38. The SMILES string of the molecule is Cc1ccccc1N1C2CCN(Cc3ccccc32)[C@@H]1C. The highest BCUT2D eigenvalue weighted by Crippen LogP contribution is 2.42. The summed E-state index contributed by atoms with van der Waals surface area (Å²) in [5, 5.41) is 0. The molecule has 0 saturated carbocycles. The van der Waals surface area contributed by atoms with Crippen molar-refractivity contribution in [3.05, 3.63) is 65.2 Å². The second-order valence-electron chi connectivity index (χ2n) is 6.30. The summed E-state index contributed by atoms with van der Waals surface area (Å²) in [7, 11) is 0. The summed E-state index contributed by atoms with van der Waals surface area (Å²) in [5.41, 5.74) is 5.78. The molecule has 2 aromatic carbocycles. The molecule has 2 nitrogen and oxygen atoms in total. The van der Waals surface area contributed by atoms with Gasteiger partial charge in [-0.2, -0.15) is 0 Å². The summed E-state index contributed by atoms with van der Waals surface area (Å²) in [5.74, 6) is 0. The fraction of sp³-hybridized carbons (Fsp3) is 0.368. The number of para-hydroxylation sites is 1. The second kappa shape index (κ2) is 4.88. The van der Waals surface area contributed by atoms with Gasteiger partial charge in [-0.25, -0.2) is 0 Å². The summed E-state index contributed by atoms with van der Waals surface area (Å²) in [6, 6.07) is 18.3. The van der Waals surface area contributed by atoms with E-state index in [1.807, 2.05) is 0 Å². The third-order valence-electron chi connectivity index (χ3n) is 5.14. The molecular formula is C19H22N2. The maximum absolute atomic E-state index is 2.63. The molecule has 3 aliphatic rings. The Balaban J connectivity index is 1.87. The fourth-order valence-corrected chi connectivity index (χ4v) is 4.01. The molecule has 2 unspecified atom stereocenters. The van der Waals surface area contributed by atoms with Crippen LogP contribution in [-0.2, 0) is 6.54 Å². The van der Waals surface area contributed by atoms with Crippen molar-refractivity contribution >= 4 is 5.69 Å². The van der Waals surface area contributed by atoms with Gasteiger partial charge >= 0.3 is 0 Å². The van der Waals surface area contributed by atoms with E-state index in [-0.39, 0.29) is 0 Å². The molecule has 0 amide bonds. The minimum atomic E-state index is 0.456. The number of aryl methyl sites for hydroxylation is 1. The van der Waals surface area contributed by atoms with Gasteiger partial charge in [0.2, 0.25) is 0 Å². The summed E-state index contributed by atoms with van der Waals surface area (Å²) in [4.78, 5) is 5.24. The van der Waals surface area contributed by atoms with Crippen LogP contribution in [0.5, 0.6) is 0 Å². The smallest absolute Gasteiger partial charge is 0.0801 e. The molecule has 2 aromatic rings. The average molecular weight is 278 g/mol. The first kappa shape index (κ1) is 12.9. The molecule has 3 atom stereocenters. The lowest BCUT2D eigenvalue weighted by Gasteiger charge is -2.46. The lowest BCUT2D eigenvalue weighted by molar-refractivity contribution is 0.154. The third kappa shape index (κ3) is 1.97. The summed E-state index contributed by atoms with van der Waals surface area (Å²) >= 11 is 0. The highest BCUT2D eigenvalue weighted by atomic mass is 15.4. The highest BCUT2D eigenvalue weighted by molar-refractivity contribution is 5.57. The normalized spacial score (nSPS) is 27.3. The molecule has 3 aliphatic heterocycles. The molecule has 2 bridgehead atoms. The van der Waals surface area contributed by atoms with Crippen LogP contribution in [0.3, 0.4) is 0 Å². The van der Waals surface area contributed by atoms with E-state index in [4.69, 9.17) is 0 Å². The molecule has 5 rings (SSSR count). The quantitative estimate of drug-likeness (QED) is 0.774. The molecule has 21 heavy (non-hydrogen) atoms. The lowest BCUT2D eigenvalue weighted by atomic mass is 9.96. The number of fused-ring (bicyclic) bond motifs is 2. The molecule has 0 N–H and O–H groups in total. The van der Waals surface area contributed by atoms with Gasteiger partial charge in [0.1, 0.15) is 0 Å². The lowest BCUT2D eigenvalue weighted by Crippen LogP contribution is -2.51. The second-order valence-corrected chi connectivity index (χ2v) is 6.30. The summed E-state index contributed by atoms with van der Waals surface area (Å²) in [6.07, 6.45) is 1.67. The summed E-state index contributed by atoms with van der Waals surface area (Å²) in [6.45, 7) is 6.85. The van der Waals surface area contributed by atoms with Gasteiger partial charge in [0.05, 0.1) is 12.2 Å². The zero-order valence-electron chi connectivity index (χ0n) is 12.8. The number of rotatable bonds is 1. The first-order chi connectivity index (χ1) is 10.3. The Morgan fingerprint density at radius 3 is 2.62 bits per heavy atom. The van der Waals surface area contributed by atoms with E-state index in [9.17, 15) is 0 Å². The standard InChI is InChI=1S/C19H22N2/c1-14-7-3-6-10-18(14)21-15(2)20-12-11-19(21)17-9-5-4-8-16(17)13-20/h3-10,15,19H,11-13H2,1-2H3/t15-,19?/m0/s1. The molecule has 0 radical (unpaired) electrons. The first-order valence-corrected chi connectivity index (χ1v) is 7.91. The molecule has 0 spiro atoms. The van der Waals surface area contributed by atoms with E-state index in [0.717, 1.165) is 6.54 Å². The predicted molar refractivity (Wildman–Crippen MR) is 87.3 cm³/mol. The van der Waals surface area contributed by atoms with Crippen LogP contribution >= 0.6 is 0 Å². The molecule has 1 saturated heterocycles. The third-order valence-corrected chi connectivity index (χ3v) is 5.14. The molecular weight excluding hydrogens is 256 g/mol. The van der Waals surface area contributed by atoms with Crippen molar-refractivity contribution in [1.82, 2.24) is 4.90 Å². The van der Waals surface area contributed by atoms with E-state index in [0.29, 0.717) is 12.2 Å². The van der Waals surface area contributed by atoms with E-state index < -0.39 is 0 Å². The Kier molecular flexibility index (Phi) is 3.00. The van der Waals surface area contributed by atoms with Gasteiger partial charge in [-0.05, 0) is 43.0 Å². The zero-order chi connectivity index (χ0) is 14.4. The first-order valence-electron chi connectivity index (χ1n) is 7.91. The van der Waals surface area contributed by atoms with Crippen LogP contribution in [0.25, 0.3) is 0 Å². The molecule has 2 heteroatoms. The molecule has 3 heterocycles. The minimum Gasteiger partial charge on any atom is -0.349 e. The number of hydrogen-bond donors (Lipinski definition) is 0. The van der Waals surface area contributed by atoms with Crippen LogP contribution in [0.2, 0.25) is 0 Å². The van der Waals surface area contributed by atoms with Crippen molar-refractivity contribution in [2.75, 3.05) is 11.4 Å². The van der Waals surface area contributed by atoms with Crippen molar-refractivity contribution in [2.24, 2.45) is 0 Å². The van der Waals surface area contributed by atoms with Crippen molar-refractivity contribution in [3.63, 3.8) is 0 Å². The van der Waals surface area contributed by atoms with Gasteiger partial charge in [0, 0.05) is 18.8 Å². The number of benzene rings is 2. The van der Waals surface area contributed by atoms with Crippen LogP contribution in [0.4, 0.5) is 5.69 Å². The van der Waals surface area contributed by atoms with Crippen molar-refractivity contribution < 1.29 is 0 Å². The fourth-order valence-electron chi connectivity index (χ4n) is 4.01. The topological polar surface area (TPSA) is 6.48 Å². The Morgan fingerprint density at radius 1 is 1.00 bits per heavy atom. The number of anilines is 1. The molecule has 1 fully saturated rings. The van der Waals surface area contributed by atoms with Crippen molar-refractivity contribution in [3.8, 4) is 0 Å². The number of nitrogens with zero attached hydrogens (tertiary/aromatic N) is 2. The monoisotopic (exact) mass is 278 g/mol. The largest absolute Gasteiger partial charge is 0.349 e. The van der Waals surface area contributed by atoms with Gasteiger partial charge in [0.25, 0.3) is 0 Å². The van der Waals surface area contributed by atoms with Gasteiger partial charge in [-0.1, -0.05) is 42.5 Å². The van der Waals surface area contributed by atoms with E-state index >= 15 is 0 Å². The van der Waals surface area contributed by atoms with Crippen molar-refractivity contribution in [1.29, 1.82) is 0 Å². The van der Waals surface area contributed by atoms with E-state index in [2.05, 4.69) is 72.2 Å². The summed E-state index contributed by atoms with van der Waals surface area (Å²) < 4.78 is 0. The van der Waals surface area contributed by atoms with Gasteiger partial charge in [-0.15, -0.1) is 0 Å². The molecule has 108 valence electrons. The van der Waals surface area contributed by atoms with E-state index in [1.165, 1.54) is 35.3 Å². The maximum Gasteiger partial charge on any atom is 0.0801 e. The molecule has 0 aliphatic carbocycles. The van der Waals surface area contributed by atoms with Crippen LogP contribution < -0.4 is 4.90 Å². The Hall–Kier alpha value is -1.80. The Bertz CT molecular complexity index is 664. The van der Waals surface area contributed by atoms with Gasteiger partial charge in [-0.3, -0.25) is 4.90 Å². The van der Waals surface area contributed by atoms with Crippen molar-refractivity contribution in [2.45, 2.75) is 39.0 Å². The Labute approximate surface area is 127 Å². The Morgan fingerprint density at radius 2 is 1.76 bits per heavy atom. The van der Waals surface area contributed by atoms with Gasteiger partial charge < -0.3 is 4.90 Å². The number of hydrogen-bond acceptors (Lipinski definition) is 2. The average Bonchev–Trinajstić information content (AvgIpc) is 2.75. The van der Waals surface area contributed by atoms with Crippen LogP contribution in [0, 0.1) is 6.92 Å². The van der Waals surface area contributed by atoms with E-state index in [1.54, 1.807) is 0 Å². The maximum atomic E-state index is 2.63. The van der Waals surface area contributed by atoms with Gasteiger partial charge in [0.15, 0.2) is 0 Å². The zero-order valence-corrected chi connectivity index (χ0v) is 12.8.